The largest absolute Gasteiger partial charge is 0.497 e. The first kappa shape index (κ1) is 20.0. The molecule has 1 amide bonds. The maximum atomic E-state index is 13.1. The van der Waals surface area contributed by atoms with Gasteiger partial charge in [0.15, 0.2) is 16.7 Å². The molecule has 0 radical (unpaired) electrons. The molecule has 3 aromatic heterocycles. The van der Waals surface area contributed by atoms with Crippen molar-refractivity contribution in [2.45, 2.75) is 6.92 Å². The van der Waals surface area contributed by atoms with Gasteiger partial charge in [0.2, 0.25) is 0 Å². The molecule has 160 valence electrons. The lowest BCUT2D eigenvalue weighted by Crippen LogP contribution is -2.11. The number of nitrogens with one attached hydrogen (secondary N) is 1. The fraction of sp³-hybridized carbons (Fsp3) is 0.125. The number of methoxy groups -OCH3 is 1. The summed E-state index contributed by atoms with van der Waals surface area (Å²) in [6.45, 7) is 1.86. The number of hydrogen-bond donors (Lipinski definition) is 1. The van der Waals surface area contributed by atoms with Crippen molar-refractivity contribution in [3.8, 4) is 27.7 Å². The third kappa shape index (κ3) is 3.44. The zero-order valence-electron chi connectivity index (χ0n) is 17.7. The van der Waals surface area contributed by atoms with E-state index in [-0.39, 0.29) is 11.7 Å². The summed E-state index contributed by atoms with van der Waals surface area (Å²) in [5, 5.41) is 4.22. The minimum atomic E-state index is -0.350. The van der Waals surface area contributed by atoms with Crippen LogP contribution in [0.15, 0.2) is 65.3 Å². The number of aromatic nitrogens is 3. The molecule has 2 aromatic carbocycles. The summed E-state index contributed by atoms with van der Waals surface area (Å²) in [7, 11) is 3.54. The monoisotopic (exact) mass is 444 g/mol. The normalized spacial score (nSPS) is 11.1. The number of carbonyl (C=O) groups is 1. The van der Waals surface area contributed by atoms with Crippen LogP contribution in [0.2, 0.25) is 0 Å². The minimum absolute atomic E-state index is 0.253. The Morgan fingerprint density at radius 1 is 1.19 bits per heavy atom. The highest BCUT2D eigenvalue weighted by Gasteiger charge is 2.22. The Morgan fingerprint density at radius 2 is 2.00 bits per heavy atom. The molecule has 0 unspecified atom stereocenters. The molecule has 8 heteroatoms. The molecule has 0 aliphatic heterocycles. The summed E-state index contributed by atoms with van der Waals surface area (Å²) in [5.41, 5.74) is 3.10. The first-order valence-corrected chi connectivity index (χ1v) is 10.8. The van der Waals surface area contributed by atoms with E-state index >= 15 is 0 Å². The molecule has 5 rings (SSSR count). The van der Waals surface area contributed by atoms with E-state index in [0.29, 0.717) is 16.5 Å². The number of fused-ring (bicyclic) bond motifs is 1. The zero-order chi connectivity index (χ0) is 22.2. The van der Waals surface area contributed by atoms with Crippen LogP contribution in [-0.4, -0.2) is 27.6 Å². The Morgan fingerprint density at radius 3 is 2.72 bits per heavy atom. The van der Waals surface area contributed by atoms with Crippen LogP contribution in [0.25, 0.3) is 32.9 Å². The van der Waals surface area contributed by atoms with Crippen molar-refractivity contribution in [3.63, 3.8) is 0 Å². The molecule has 32 heavy (non-hydrogen) atoms. The number of hydrogen-bond acceptors (Lipinski definition) is 6. The molecule has 0 atom stereocenters. The number of furan rings is 1. The lowest BCUT2D eigenvalue weighted by Gasteiger charge is -2.02. The second-order valence-corrected chi connectivity index (χ2v) is 8.30. The van der Waals surface area contributed by atoms with Crippen molar-refractivity contribution >= 4 is 33.3 Å². The van der Waals surface area contributed by atoms with Crippen molar-refractivity contribution in [1.82, 2.24) is 14.5 Å². The number of aryl methyl sites for hydroxylation is 2. The highest BCUT2D eigenvalue weighted by atomic mass is 32.1. The predicted octanol–water partition coefficient (Wildman–Crippen LogP) is 5.53. The van der Waals surface area contributed by atoms with Crippen molar-refractivity contribution in [2.24, 2.45) is 7.05 Å². The number of carbonyl (C=O) groups excluding carboxylic acids is 1. The van der Waals surface area contributed by atoms with E-state index in [1.165, 1.54) is 11.3 Å². The number of ether oxygens (including phenoxy) is 1. The molecule has 3 heterocycles. The van der Waals surface area contributed by atoms with Crippen LogP contribution in [0, 0.1) is 6.92 Å². The first-order chi connectivity index (χ1) is 15.5. The van der Waals surface area contributed by atoms with Gasteiger partial charge >= 0.3 is 0 Å². The van der Waals surface area contributed by atoms with E-state index < -0.39 is 0 Å². The van der Waals surface area contributed by atoms with Gasteiger partial charge in [0, 0.05) is 36.0 Å². The number of imidazole rings is 1. The van der Waals surface area contributed by atoms with Crippen LogP contribution in [0.4, 0.5) is 5.13 Å². The van der Waals surface area contributed by atoms with E-state index in [1.54, 1.807) is 25.4 Å². The summed E-state index contributed by atoms with van der Waals surface area (Å²) < 4.78 is 13.1. The molecule has 0 spiro atoms. The van der Waals surface area contributed by atoms with Gasteiger partial charge in [0.25, 0.3) is 5.91 Å². The topological polar surface area (TPSA) is 82.2 Å². The minimum Gasteiger partial charge on any atom is -0.497 e. The van der Waals surface area contributed by atoms with Crippen LogP contribution in [0.5, 0.6) is 5.75 Å². The lowest BCUT2D eigenvalue weighted by atomic mass is 10.1. The highest BCUT2D eigenvalue weighted by molar-refractivity contribution is 7.19. The van der Waals surface area contributed by atoms with Crippen LogP contribution in [0.1, 0.15) is 16.1 Å². The Balaban J connectivity index is 1.53. The molecule has 0 fully saturated rings. The highest BCUT2D eigenvalue weighted by Crippen LogP contribution is 2.38. The average molecular weight is 445 g/mol. The fourth-order valence-corrected chi connectivity index (χ4v) is 4.62. The quantitative estimate of drug-likeness (QED) is 0.386. The lowest BCUT2D eigenvalue weighted by molar-refractivity contribution is 0.0998. The van der Waals surface area contributed by atoms with E-state index in [4.69, 9.17) is 14.1 Å². The Bertz CT molecular complexity index is 1430. The van der Waals surface area contributed by atoms with Crippen LogP contribution in [0.3, 0.4) is 0 Å². The number of thiazole rings is 1. The molecule has 7 nitrogen and oxygen atoms in total. The second-order valence-electron chi connectivity index (χ2n) is 7.30. The van der Waals surface area contributed by atoms with Gasteiger partial charge in [0.1, 0.15) is 11.3 Å². The van der Waals surface area contributed by atoms with Gasteiger partial charge in [-0.25, -0.2) is 9.97 Å². The third-order valence-electron chi connectivity index (χ3n) is 5.27. The van der Waals surface area contributed by atoms with Crippen molar-refractivity contribution in [2.75, 3.05) is 12.4 Å². The van der Waals surface area contributed by atoms with Crippen molar-refractivity contribution < 1.29 is 13.9 Å². The van der Waals surface area contributed by atoms with Crippen molar-refractivity contribution in [3.05, 3.63) is 72.2 Å². The summed E-state index contributed by atoms with van der Waals surface area (Å²) in [5.74, 6) is 1.40. The van der Waals surface area contributed by atoms with Crippen molar-refractivity contribution in [1.29, 1.82) is 0 Å². The zero-order valence-corrected chi connectivity index (χ0v) is 18.6. The summed E-state index contributed by atoms with van der Waals surface area (Å²) >= 11 is 1.38. The second kappa shape index (κ2) is 7.97. The third-order valence-corrected chi connectivity index (χ3v) is 6.24. The molecule has 0 aliphatic carbocycles. The standard InChI is InChI=1S/C24H20N4O3S/c1-14-17-13-16(30-3)9-10-18(17)31-20(14)23(29)27-24-26-19(15-7-5-4-6-8-15)21(32-24)22-25-11-12-28(22)2/h4-13H,1-3H3,(H,26,27,29). The first-order valence-electron chi connectivity index (χ1n) is 9.97. The molecule has 1 N–H and O–H groups in total. The predicted molar refractivity (Wildman–Crippen MR) is 125 cm³/mol. The maximum absolute atomic E-state index is 13.1. The van der Waals surface area contributed by atoms with Gasteiger partial charge in [-0.2, -0.15) is 0 Å². The van der Waals surface area contributed by atoms with Crippen LogP contribution >= 0.6 is 11.3 Å². The Hall–Kier alpha value is -3.91. The molecular weight excluding hydrogens is 424 g/mol. The number of anilines is 1. The van der Waals surface area contributed by atoms with Gasteiger partial charge < -0.3 is 13.7 Å². The Labute approximate surface area is 188 Å². The van der Waals surface area contributed by atoms with E-state index in [2.05, 4.69) is 10.3 Å². The Kier molecular flexibility index (Phi) is 4.99. The number of rotatable bonds is 5. The summed E-state index contributed by atoms with van der Waals surface area (Å²) in [6.07, 6.45) is 3.63. The number of benzene rings is 2. The molecule has 0 saturated heterocycles. The smallest absolute Gasteiger partial charge is 0.293 e. The maximum Gasteiger partial charge on any atom is 0.293 e. The van der Waals surface area contributed by atoms with Gasteiger partial charge in [-0.1, -0.05) is 41.7 Å². The summed E-state index contributed by atoms with van der Waals surface area (Å²) in [4.78, 5) is 23.2. The van der Waals surface area contributed by atoms with E-state index in [1.807, 2.05) is 61.1 Å². The van der Waals surface area contributed by atoms with Gasteiger partial charge in [-0.05, 0) is 25.1 Å². The molecule has 0 bridgehead atoms. The number of amides is 1. The average Bonchev–Trinajstić information content (AvgIpc) is 3.51. The summed E-state index contributed by atoms with van der Waals surface area (Å²) in [6, 6.07) is 15.3. The number of nitrogens with zero attached hydrogens (tertiary/aromatic N) is 3. The van der Waals surface area contributed by atoms with Crippen LogP contribution < -0.4 is 10.1 Å². The van der Waals surface area contributed by atoms with E-state index in [0.717, 1.165) is 32.9 Å². The van der Waals surface area contributed by atoms with Gasteiger partial charge in [-0.3, -0.25) is 10.1 Å². The fourth-order valence-electron chi connectivity index (χ4n) is 3.60. The van der Waals surface area contributed by atoms with E-state index in [9.17, 15) is 4.79 Å². The molecule has 0 aliphatic rings. The van der Waals surface area contributed by atoms with Gasteiger partial charge in [0.05, 0.1) is 17.7 Å². The van der Waals surface area contributed by atoms with Gasteiger partial charge in [-0.15, -0.1) is 0 Å². The molecule has 0 saturated carbocycles. The molecular formula is C24H20N4O3S. The SMILES string of the molecule is COc1ccc2oc(C(=O)Nc3nc(-c4ccccc4)c(-c4nccn4C)s3)c(C)c2c1. The van der Waals surface area contributed by atoms with Crippen LogP contribution in [-0.2, 0) is 7.05 Å². The molecule has 5 aromatic rings.